The highest BCUT2D eigenvalue weighted by atomic mass is 79.9. The van der Waals surface area contributed by atoms with Crippen molar-refractivity contribution in [2.45, 2.75) is 33.4 Å². The first-order valence-corrected chi connectivity index (χ1v) is 7.57. The van der Waals surface area contributed by atoms with E-state index in [1.165, 1.54) is 11.6 Å². The zero-order chi connectivity index (χ0) is 14.5. The van der Waals surface area contributed by atoms with Crippen LogP contribution in [0.3, 0.4) is 0 Å². The number of hydrogen-bond acceptors (Lipinski definition) is 2. The molecule has 0 aliphatic carbocycles. The summed E-state index contributed by atoms with van der Waals surface area (Å²) in [5, 5.41) is 7.76. The van der Waals surface area contributed by atoms with Gasteiger partial charge in [-0.15, -0.1) is 0 Å². The Labute approximate surface area is 127 Å². The zero-order valence-electron chi connectivity index (χ0n) is 11.8. The van der Waals surface area contributed by atoms with Gasteiger partial charge in [0.1, 0.15) is 5.82 Å². The topological polar surface area (TPSA) is 29.9 Å². The molecule has 0 unspecified atom stereocenters. The van der Waals surface area contributed by atoms with Crippen molar-refractivity contribution in [3.8, 4) is 0 Å². The number of nitrogens with one attached hydrogen (secondary N) is 1. The number of benzene rings is 1. The van der Waals surface area contributed by atoms with Gasteiger partial charge in [0.05, 0.1) is 17.2 Å². The van der Waals surface area contributed by atoms with E-state index < -0.39 is 0 Å². The van der Waals surface area contributed by atoms with Gasteiger partial charge in [0, 0.05) is 17.8 Å². The minimum absolute atomic E-state index is 0.239. The summed E-state index contributed by atoms with van der Waals surface area (Å²) in [6.45, 7) is 6.58. The highest BCUT2D eigenvalue weighted by molar-refractivity contribution is 9.10. The van der Waals surface area contributed by atoms with Gasteiger partial charge in [0.2, 0.25) is 0 Å². The molecule has 0 amide bonds. The summed E-state index contributed by atoms with van der Waals surface area (Å²) in [4.78, 5) is 0. The fourth-order valence-corrected chi connectivity index (χ4v) is 2.44. The molecular formula is C15H19BrFN3. The van der Waals surface area contributed by atoms with Crippen molar-refractivity contribution in [1.82, 2.24) is 15.1 Å². The molecule has 3 nitrogen and oxygen atoms in total. The minimum atomic E-state index is -0.239. The molecule has 1 heterocycles. The van der Waals surface area contributed by atoms with Gasteiger partial charge in [0.25, 0.3) is 0 Å². The summed E-state index contributed by atoms with van der Waals surface area (Å²) >= 11 is 3.29. The molecule has 20 heavy (non-hydrogen) atoms. The van der Waals surface area contributed by atoms with Gasteiger partial charge in [-0.25, -0.2) is 4.39 Å². The largest absolute Gasteiger partial charge is 0.313 e. The zero-order valence-corrected chi connectivity index (χ0v) is 13.4. The Morgan fingerprint density at radius 2 is 2.15 bits per heavy atom. The fourth-order valence-electron chi connectivity index (χ4n) is 2.05. The SMILES string of the molecule is CCCNCc1cnn(Cc2cccc(F)c2Br)c1C. The number of halogens is 2. The quantitative estimate of drug-likeness (QED) is 0.814. The van der Waals surface area contributed by atoms with Crippen LogP contribution >= 0.6 is 15.9 Å². The number of rotatable bonds is 6. The van der Waals surface area contributed by atoms with Crippen LogP contribution in [0.25, 0.3) is 0 Å². The van der Waals surface area contributed by atoms with E-state index >= 15 is 0 Å². The lowest BCUT2D eigenvalue weighted by Gasteiger charge is -2.08. The molecule has 108 valence electrons. The first-order chi connectivity index (χ1) is 9.63. The Bertz CT molecular complexity index is 580. The maximum atomic E-state index is 13.5. The van der Waals surface area contributed by atoms with E-state index in [0.717, 1.165) is 30.8 Å². The van der Waals surface area contributed by atoms with Gasteiger partial charge in [-0.3, -0.25) is 4.68 Å². The summed E-state index contributed by atoms with van der Waals surface area (Å²) in [6.07, 6.45) is 2.99. The molecule has 1 aromatic heterocycles. The molecule has 0 saturated carbocycles. The third-order valence-electron chi connectivity index (χ3n) is 3.30. The maximum absolute atomic E-state index is 13.5. The Hall–Kier alpha value is -1.20. The van der Waals surface area contributed by atoms with Crippen molar-refractivity contribution in [2.24, 2.45) is 0 Å². The second-order valence-electron chi connectivity index (χ2n) is 4.80. The molecule has 0 fully saturated rings. The van der Waals surface area contributed by atoms with E-state index in [1.54, 1.807) is 6.07 Å². The van der Waals surface area contributed by atoms with Crippen LogP contribution in [0.5, 0.6) is 0 Å². The van der Waals surface area contributed by atoms with E-state index in [-0.39, 0.29) is 5.82 Å². The molecule has 1 N–H and O–H groups in total. The molecule has 1 aromatic carbocycles. The van der Waals surface area contributed by atoms with Gasteiger partial charge >= 0.3 is 0 Å². The third kappa shape index (κ3) is 3.46. The number of hydrogen-bond donors (Lipinski definition) is 1. The predicted molar refractivity (Wildman–Crippen MR) is 82.2 cm³/mol. The smallest absolute Gasteiger partial charge is 0.137 e. The Morgan fingerprint density at radius 1 is 1.35 bits per heavy atom. The van der Waals surface area contributed by atoms with Crippen LogP contribution in [-0.4, -0.2) is 16.3 Å². The molecule has 0 spiro atoms. The van der Waals surface area contributed by atoms with Gasteiger partial charge in [-0.1, -0.05) is 19.1 Å². The summed E-state index contributed by atoms with van der Waals surface area (Å²) in [5.74, 6) is -0.239. The molecule has 0 atom stereocenters. The van der Waals surface area contributed by atoms with Crippen LogP contribution in [0.15, 0.2) is 28.9 Å². The van der Waals surface area contributed by atoms with E-state index in [2.05, 4.69) is 33.3 Å². The van der Waals surface area contributed by atoms with E-state index in [0.29, 0.717) is 11.0 Å². The number of aromatic nitrogens is 2. The number of nitrogens with zero attached hydrogens (tertiary/aromatic N) is 2. The Balaban J connectivity index is 2.12. The minimum Gasteiger partial charge on any atom is -0.313 e. The highest BCUT2D eigenvalue weighted by Gasteiger charge is 2.10. The van der Waals surface area contributed by atoms with Crippen molar-refractivity contribution in [1.29, 1.82) is 0 Å². The molecule has 2 rings (SSSR count). The van der Waals surface area contributed by atoms with Gasteiger partial charge in [-0.2, -0.15) is 5.10 Å². The van der Waals surface area contributed by atoms with Gasteiger partial charge < -0.3 is 5.32 Å². The van der Waals surface area contributed by atoms with Crippen LogP contribution in [0.2, 0.25) is 0 Å². The van der Waals surface area contributed by atoms with Crippen LogP contribution in [0.4, 0.5) is 4.39 Å². The van der Waals surface area contributed by atoms with Crippen molar-refractivity contribution < 1.29 is 4.39 Å². The first kappa shape index (κ1) is 15.2. The average Bonchev–Trinajstić information content (AvgIpc) is 2.77. The molecule has 0 saturated heterocycles. The third-order valence-corrected chi connectivity index (χ3v) is 4.19. The van der Waals surface area contributed by atoms with E-state index in [4.69, 9.17) is 0 Å². The average molecular weight is 340 g/mol. The van der Waals surface area contributed by atoms with Crippen molar-refractivity contribution >= 4 is 15.9 Å². The lowest BCUT2D eigenvalue weighted by Crippen LogP contribution is -2.14. The van der Waals surface area contributed by atoms with Gasteiger partial charge in [-0.05, 0) is 47.4 Å². The normalized spacial score (nSPS) is 11.0. The molecular weight excluding hydrogens is 321 g/mol. The molecule has 0 aliphatic heterocycles. The second-order valence-corrected chi connectivity index (χ2v) is 5.60. The lowest BCUT2D eigenvalue weighted by atomic mass is 10.2. The Kier molecular flexibility index (Phi) is 5.31. The standard InChI is InChI=1S/C15H19BrFN3/c1-3-7-18-8-13-9-19-20(11(13)2)10-12-5-4-6-14(17)15(12)16/h4-6,9,18H,3,7-8,10H2,1-2H3. The lowest BCUT2D eigenvalue weighted by molar-refractivity contribution is 0.608. The molecule has 0 radical (unpaired) electrons. The van der Waals surface area contributed by atoms with E-state index in [9.17, 15) is 4.39 Å². The Morgan fingerprint density at radius 3 is 2.90 bits per heavy atom. The van der Waals surface area contributed by atoms with Crippen molar-refractivity contribution in [2.75, 3.05) is 6.54 Å². The summed E-state index contributed by atoms with van der Waals surface area (Å²) in [5.41, 5.74) is 3.19. The van der Waals surface area contributed by atoms with Crippen LogP contribution in [0, 0.1) is 12.7 Å². The molecule has 2 aromatic rings. The molecule has 5 heteroatoms. The van der Waals surface area contributed by atoms with Crippen LogP contribution in [0.1, 0.15) is 30.2 Å². The van der Waals surface area contributed by atoms with Crippen molar-refractivity contribution in [3.63, 3.8) is 0 Å². The molecule has 0 bridgehead atoms. The second kappa shape index (κ2) is 6.99. The first-order valence-electron chi connectivity index (χ1n) is 6.78. The van der Waals surface area contributed by atoms with Crippen LogP contribution in [-0.2, 0) is 13.1 Å². The molecule has 0 aliphatic rings. The van der Waals surface area contributed by atoms with E-state index in [1.807, 2.05) is 23.9 Å². The predicted octanol–water partition coefficient (Wildman–Crippen LogP) is 3.64. The maximum Gasteiger partial charge on any atom is 0.137 e. The summed E-state index contributed by atoms with van der Waals surface area (Å²) in [7, 11) is 0. The summed E-state index contributed by atoms with van der Waals surface area (Å²) in [6, 6.07) is 5.07. The van der Waals surface area contributed by atoms with Crippen LogP contribution < -0.4 is 5.32 Å². The van der Waals surface area contributed by atoms with Gasteiger partial charge in [0.15, 0.2) is 0 Å². The summed E-state index contributed by atoms with van der Waals surface area (Å²) < 4.78 is 15.9. The fraction of sp³-hybridized carbons (Fsp3) is 0.400. The highest BCUT2D eigenvalue weighted by Crippen LogP contribution is 2.22. The monoisotopic (exact) mass is 339 g/mol. The van der Waals surface area contributed by atoms with Crippen molar-refractivity contribution in [3.05, 3.63) is 51.5 Å².